The minimum atomic E-state index is -4.29. The second kappa shape index (κ2) is 5.61. The van der Waals surface area contributed by atoms with E-state index in [9.17, 15) is 13.2 Å². The maximum atomic E-state index is 12.4. The first kappa shape index (κ1) is 13.9. The van der Waals surface area contributed by atoms with Crippen molar-refractivity contribution >= 4 is 17.0 Å². The van der Waals surface area contributed by atoms with Gasteiger partial charge in [0.1, 0.15) is 5.01 Å². The fourth-order valence-corrected chi connectivity index (χ4v) is 2.35. The molecular formula is C13H13F3N2S. The van der Waals surface area contributed by atoms with E-state index in [0.29, 0.717) is 12.2 Å². The van der Waals surface area contributed by atoms with E-state index in [-0.39, 0.29) is 0 Å². The number of thiazole rings is 1. The van der Waals surface area contributed by atoms with Crippen molar-refractivity contribution in [2.75, 3.05) is 5.32 Å². The molecule has 0 aliphatic rings. The SMILES string of the molecule is CCc1cnc(CNc2ccc(C(F)(F)F)cc2)s1. The Morgan fingerprint density at radius 2 is 1.89 bits per heavy atom. The summed E-state index contributed by atoms with van der Waals surface area (Å²) in [6.07, 6.45) is -1.52. The van der Waals surface area contributed by atoms with Crippen LogP contribution in [0.25, 0.3) is 0 Å². The Morgan fingerprint density at radius 1 is 1.21 bits per heavy atom. The van der Waals surface area contributed by atoms with Gasteiger partial charge in [0.25, 0.3) is 0 Å². The molecule has 0 bridgehead atoms. The third kappa shape index (κ3) is 3.70. The molecule has 6 heteroatoms. The van der Waals surface area contributed by atoms with Crippen molar-refractivity contribution in [1.82, 2.24) is 4.98 Å². The molecule has 0 amide bonds. The van der Waals surface area contributed by atoms with E-state index in [1.54, 1.807) is 11.3 Å². The van der Waals surface area contributed by atoms with E-state index >= 15 is 0 Å². The summed E-state index contributed by atoms with van der Waals surface area (Å²) in [5.74, 6) is 0. The van der Waals surface area contributed by atoms with Crippen molar-refractivity contribution in [3.8, 4) is 0 Å². The van der Waals surface area contributed by atoms with E-state index in [0.717, 1.165) is 23.6 Å². The highest BCUT2D eigenvalue weighted by Crippen LogP contribution is 2.29. The van der Waals surface area contributed by atoms with Crippen LogP contribution in [0.3, 0.4) is 0 Å². The van der Waals surface area contributed by atoms with Crippen LogP contribution in [0.2, 0.25) is 0 Å². The van der Waals surface area contributed by atoms with Crippen molar-refractivity contribution in [2.45, 2.75) is 26.1 Å². The van der Waals surface area contributed by atoms with Crippen molar-refractivity contribution in [1.29, 1.82) is 0 Å². The zero-order chi connectivity index (χ0) is 13.9. The fraction of sp³-hybridized carbons (Fsp3) is 0.308. The zero-order valence-corrected chi connectivity index (χ0v) is 11.1. The van der Waals surface area contributed by atoms with E-state index in [1.165, 1.54) is 17.0 Å². The van der Waals surface area contributed by atoms with Crippen molar-refractivity contribution in [3.05, 3.63) is 45.9 Å². The molecule has 0 unspecified atom stereocenters. The zero-order valence-electron chi connectivity index (χ0n) is 10.3. The van der Waals surface area contributed by atoms with Crippen LogP contribution in [0.1, 0.15) is 22.4 Å². The van der Waals surface area contributed by atoms with Crippen LogP contribution in [0, 0.1) is 0 Å². The number of alkyl halides is 3. The molecule has 2 aromatic rings. The summed E-state index contributed by atoms with van der Waals surface area (Å²) in [6, 6.07) is 5.00. The number of hydrogen-bond acceptors (Lipinski definition) is 3. The number of aryl methyl sites for hydroxylation is 1. The quantitative estimate of drug-likeness (QED) is 0.904. The highest BCUT2D eigenvalue weighted by molar-refractivity contribution is 7.11. The Kier molecular flexibility index (Phi) is 4.09. The molecule has 0 atom stereocenters. The third-order valence-corrected chi connectivity index (χ3v) is 3.75. The van der Waals surface area contributed by atoms with Crippen LogP contribution in [-0.2, 0) is 19.1 Å². The Bertz CT molecular complexity index is 532. The lowest BCUT2D eigenvalue weighted by atomic mass is 10.2. The molecule has 2 nitrogen and oxygen atoms in total. The van der Waals surface area contributed by atoms with E-state index in [4.69, 9.17) is 0 Å². The lowest BCUT2D eigenvalue weighted by Crippen LogP contribution is -2.05. The summed E-state index contributed by atoms with van der Waals surface area (Å²) in [7, 11) is 0. The monoisotopic (exact) mass is 286 g/mol. The second-order valence-electron chi connectivity index (χ2n) is 4.00. The molecule has 1 aromatic carbocycles. The largest absolute Gasteiger partial charge is 0.416 e. The van der Waals surface area contributed by atoms with Gasteiger partial charge in [-0.3, -0.25) is 0 Å². The van der Waals surface area contributed by atoms with Gasteiger partial charge in [-0.2, -0.15) is 13.2 Å². The number of nitrogens with one attached hydrogen (secondary N) is 1. The Hall–Kier alpha value is -1.56. The molecule has 19 heavy (non-hydrogen) atoms. The van der Waals surface area contributed by atoms with Crippen LogP contribution in [0.5, 0.6) is 0 Å². The van der Waals surface area contributed by atoms with E-state index in [2.05, 4.69) is 17.2 Å². The lowest BCUT2D eigenvalue weighted by Gasteiger charge is -2.08. The molecule has 1 heterocycles. The molecule has 102 valence electrons. The summed E-state index contributed by atoms with van der Waals surface area (Å²) in [4.78, 5) is 5.43. The average Bonchev–Trinajstić information content (AvgIpc) is 2.84. The predicted octanol–water partition coefficient (Wildman–Crippen LogP) is 4.34. The maximum Gasteiger partial charge on any atom is 0.416 e. The molecule has 0 saturated carbocycles. The smallest absolute Gasteiger partial charge is 0.379 e. The van der Waals surface area contributed by atoms with Gasteiger partial charge < -0.3 is 5.32 Å². The summed E-state index contributed by atoms with van der Waals surface area (Å²) in [5, 5.41) is 3.99. The highest BCUT2D eigenvalue weighted by Gasteiger charge is 2.29. The van der Waals surface area contributed by atoms with Crippen LogP contribution >= 0.6 is 11.3 Å². The number of hydrogen-bond donors (Lipinski definition) is 1. The molecule has 1 N–H and O–H groups in total. The molecule has 0 spiro atoms. The van der Waals surface area contributed by atoms with Gasteiger partial charge in [-0.05, 0) is 30.7 Å². The molecule has 2 rings (SSSR count). The minimum Gasteiger partial charge on any atom is -0.379 e. The number of aromatic nitrogens is 1. The first-order valence-electron chi connectivity index (χ1n) is 5.83. The average molecular weight is 286 g/mol. The van der Waals surface area contributed by atoms with Gasteiger partial charge in [-0.25, -0.2) is 4.98 Å². The highest BCUT2D eigenvalue weighted by atomic mass is 32.1. The predicted molar refractivity (Wildman–Crippen MR) is 70.3 cm³/mol. The molecule has 0 aliphatic carbocycles. The van der Waals surface area contributed by atoms with Crippen LogP contribution < -0.4 is 5.32 Å². The minimum absolute atomic E-state index is 0.524. The summed E-state index contributed by atoms with van der Waals surface area (Å²) in [5.41, 5.74) is 0.0156. The molecule has 1 aromatic heterocycles. The van der Waals surface area contributed by atoms with E-state index < -0.39 is 11.7 Å². The summed E-state index contributed by atoms with van der Waals surface area (Å²) in [6.45, 7) is 2.58. The van der Waals surface area contributed by atoms with Gasteiger partial charge in [-0.1, -0.05) is 6.92 Å². The topological polar surface area (TPSA) is 24.9 Å². The molecule has 0 aliphatic heterocycles. The molecular weight excluding hydrogens is 273 g/mol. The van der Waals surface area contributed by atoms with Crippen molar-refractivity contribution < 1.29 is 13.2 Å². The Morgan fingerprint density at radius 3 is 2.42 bits per heavy atom. The summed E-state index contributed by atoms with van der Waals surface area (Å²) >= 11 is 1.61. The normalized spacial score (nSPS) is 11.6. The standard InChI is InChI=1S/C13H13F3N2S/c1-2-11-7-18-12(19-11)8-17-10-5-3-9(4-6-10)13(14,15)16/h3-7,17H,2,8H2,1H3. The van der Waals surface area contributed by atoms with Crippen molar-refractivity contribution in [2.24, 2.45) is 0 Å². The number of benzene rings is 1. The van der Waals surface area contributed by atoms with Crippen LogP contribution in [0.15, 0.2) is 30.5 Å². The van der Waals surface area contributed by atoms with Gasteiger partial charge in [0.15, 0.2) is 0 Å². The number of nitrogens with zero attached hydrogens (tertiary/aromatic N) is 1. The molecule has 0 saturated heterocycles. The molecule has 0 radical (unpaired) electrons. The second-order valence-corrected chi connectivity index (χ2v) is 5.20. The van der Waals surface area contributed by atoms with Crippen LogP contribution in [-0.4, -0.2) is 4.98 Å². The molecule has 0 fully saturated rings. The van der Waals surface area contributed by atoms with Gasteiger partial charge in [0.2, 0.25) is 0 Å². The van der Waals surface area contributed by atoms with Crippen molar-refractivity contribution in [3.63, 3.8) is 0 Å². The Balaban J connectivity index is 1.96. The Labute approximate surface area is 113 Å². The van der Waals surface area contributed by atoms with Gasteiger partial charge in [0, 0.05) is 16.8 Å². The lowest BCUT2D eigenvalue weighted by molar-refractivity contribution is -0.137. The van der Waals surface area contributed by atoms with E-state index in [1.807, 2.05) is 6.20 Å². The first-order chi connectivity index (χ1) is 8.99. The van der Waals surface area contributed by atoms with Gasteiger partial charge in [-0.15, -0.1) is 11.3 Å². The number of anilines is 1. The first-order valence-corrected chi connectivity index (χ1v) is 6.65. The number of halogens is 3. The number of rotatable bonds is 4. The van der Waals surface area contributed by atoms with Gasteiger partial charge in [0.05, 0.1) is 12.1 Å². The van der Waals surface area contributed by atoms with Crippen LogP contribution in [0.4, 0.5) is 18.9 Å². The third-order valence-electron chi connectivity index (χ3n) is 2.61. The maximum absolute atomic E-state index is 12.4. The fourth-order valence-electron chi connectivity index (χ4n) is 1.55. The summed E-state index contributed by atoms with van der Waals surface area (Å²) < 4.78 is 37.2. The van der Waals surface area contributed by atoms with Gasteiger partial charge >= 0.3 is 6.18 Å².